The number of benzene rings is 1. The van der Waals surface area contributed by atoms with Crippen LogP contribution in [-0.2, 0) is 27.4 Å². The third-order valence-corrected chi connectivity index (χ3v) is 2.78. The average Bonchev–Trinajstić information content (AvgIpc) is 2.35. The number of fused-ring (bicyclic) bond motifs is 1. The topological polar surface area (TPSA) is 61.8 Å². The number of hydrogen-bond donors (Lipinski definition) is 0. The molecule has 5 heteroatoms. The Bertz CT molecular complexity index is 507. The summed E-state index contributed by atoms with van der Waals surface area (Å²) < 4.78 is 15.7. The van der Waals surface area contributed by atoms with Crippen LogP contribution in [0.1, 0.15) is 31.4 Å². The Balaban J connectivity index is 2.30. The average molecular weight is 264 g/mol. The molecule has 0 saturated heterocycles. The lowest BCUT2D eigenvalue weighted by Crippen LogP contribution is -2.12. The molecular formula is C14H16O5. The monoisotopic (exact) mass is 264 g/mol. The third-order valence-electron chi connectivity index (χ3n) is 2.78. The van der Waals surface area contributed by atoms with Gasteiger partial charge in [0, 0.05) is 19.4 Å². The molecule has 5 nitrogen and oxygen atoms in total. The molecule has 0 bridgehead atoms. The van der Waals surface area contributed by atoms with E-state index in [9.17, 15) is 9.59 Å². The number of rotatable bonds is 3. The summed E-state index contributed by atoms with van der Waals surface area (Å²) in [5, 5.41) is 0. The summed E-state index contributed by atoms with van der Waals surface area (Å²) in [6, 6.07) is 3.56. The van der Waals surface area contributed by atoms with Crippen LogP contribution in [0.4, 0.5) is 0 Å². The van der Waals surface area contributed by atoms with E-state index < -0.39 is 5.97 Å². The van der Waals surface area contributed by atoms with E-state index in [0.717, 1.165) is 24.2 Å². The van der Waals surface area contributed by atoms with Crippen molar-refractivity contribution in [3.63, 3.8) is 0 Å². The zero-order valence-electron chi connectivity index (χ0n) is 11.0. The van der Waals surface area contributed by atoms with E-state index in [-0.39, 0.29) is 12.6 Å². The molecule has 0 aromatic heterocycles. The Morgan fingerprint density at radius 2 is 2.05 bits per heavy atom. The molecule has 0 saturated carbocycles. The number of ether oxygens (including phenoxy) is 3. The maximum atomic E-state index is 11.1. The Labute approximate surface area is 111 Å². The molecule has 1 aromatic carbocycles. The van der Waals surface area contributed by atoms with Crippen LogP contribution in [0, 0.1) is 0 Å². The van der Waals surface area contributed by atoms with E-state index in [0.29, 0.717) is 17.9 Å². The minimum absolute atomic E-state index is 0.0641. The predicted octanol–water partition coefficient (Wildman–Crippen LogP) is 2.00. The van der Waals surface area contributed by atoms with Gasteiger partial charge < -0.3 is 14.2 Å². The van der Waals surface area contributed by atoms with Gasteiger partial charge in [0.25, 0.3) is 0 Å². The standard InChI is InChI=1S/C14H16O5/c1-9(15)18-8-12-7-13-11(4-3-5-17-13)6-14(12)19-10(2)16/h6-7H,3-5,8H2,1-2H3. The van der Waals surface area contributed by atoms with Crippen LogP contribution < -0.4 is 9.47 Å². The molecule has 2 rings (SSSR count). The van der Waals surface area contributed by atoms with Gasteiger partial charge in [-0.25, -0.2) is 0 Å². The molecule has 0 amide bonds. The summed E-state index contributed by atoms with van der Waals surface area (Å²) in [4.78, 5) is 22.0. The molecule has 0 atom stereocenters. The molecule has 0 radical (unpaired) electrons. The highest BCUT2D eigenvalue weighted by Crippen LogP contribution is 2.33. The molecule has 1 aliphatic heterocycles. The second-order valence-corrected chi connectivity index (χ2v) is 4.39. The Morgan fingerprint density at radius 3 is 2.74 bits per heavy atom. The predicted molar refractivity (Wildman–Crippen MR) is 67.0 cm³/mol. The molecule has 0 unspecified atom stereocenters. The van der Waals surface area contributed by atoms with E-state index in [1.807, 2.05) is 0 Å². The van der Waals surface area contributed by atoms with Crippen molar-refractivity contribution in [3.8, 4) is 11.5 Å². The van der Waals surface area contributed by atoms with Gasteiger partial charge in [-0.1, -0.05) is 0 Å². The lowest BCUT2D eigenvalue weighted by atomic mass is 10.0. The number of hydrogen-bond acceptors (Lipinski definition) is 5. The molecule has 102 valence electrons. The lowest BCUT2D eigenvalue weighted by Gasteiger charge is -2.20. The van der Waals surface area contributed by atoms with E-state index >= 15 is 0 Å². The zero-order valence-corrected chi connectivity index (χ0v) is 11.0. The maximum Gasteiger partial charge on any atom is 0.308 e. The quantitative estimate of drug-likeness (QED) is 0.617. The van der Waals surface area contributed by atoms with Crippen LogP contribution in [0.25, 0.3) is 0 Å². The summed E-state index contributed by atoms with van der Waals surface area (Å²) in [5.41, 5.74) is 1.64. The van der Waals surface area contributed by atoms with Crippen molar-refractivity contribution >= 4 is 11.9 Å². The van der Waals surface area contributed by atoms with E-state index in [2.05, 4.69) is 0 Å². The first-order chi connectivity index (χ1) is 9.06. The van der Waals surface area contributed by atoms with Crippen molar-refractivity contribution in [2.75, 3.05) is 6.61 Å². The summed E-state index contributed by atoms with van der Waals surface area (Å²) in [7, 11) is 0. The highest BCUT2D eigenvalue weighted by Gasteiger charge is 2.17. The van der Waals surface area contributed by atoms with Gasteiger partial charge in [0.15, 0.2) is 0 Å². The molecule has 0 aliphatic carbocycles. The molecule has 0 N–H and O–H groups in total. The minimum Gasteiger partial charge on any atom is -0.493 e. The first-order valence-electron chi connectivity index (χ1n) is 6.16. The van der Waals surface area contributed by atoms with Gasteiger partial charge in [-0.15, -0.1) is 0 Å². The minimum atomic E-state index is -0.402. The van der Waals surface area contributed by atoms with Gasteiger partial charge in [0.1, 0.15) is 18.1 Å². The number of esters is 2. The smallest absolute Gasteiger partial charge is 0.308 e. The van der Waals surface area contributed by atoms with Crippen molar-refractivity contribution in [3.05, 3.63) is 23.3 Å². The van der Waals surface area contributed by atoms with Crippen molar-refractivity contribution in [1.82, 2.24) is 0 Å². The van der Waals surface area contributed by atoms with Gasteiger partial charge >= 0.3 is 11.9 Å². The number of carbonyl (C=O) groups is 2. The highest BCUT2D eigenvalue weighted by molar-refractivity contribution is 5.70. The van der Waals surface area contributed by atoms with Crippen LogP contribution in [0.2, 0.25) is 0 Å². The summed E-state index contributed by atoms with van der Waals surface area (Å²) in [6.45, 7) is 3.41. The fourth-order valence-corrected chi connectivity index (χ4v) is 1.96. The van der Waals surface area contributed by atoms with E-state index in [4.69, 9.17) is 14.2 Å². The normalized spacial score (nSPS) is 13.2. The van der Waals surface area contributed by atoms with E-state index in [1.54, 1.807) is 12.1 Å². The molecule has 1 aromatic rings. The van der Waals surface area contributed by atoms with Gasteiger partial charge in [-0.05, 0) is 30.5 Å². The first-order valence-corrected chi connectivity index (χ1v) is 6.16. The van der Waals surface area contributed by atoms with Crippen molar-refractivity contribution in [1.29, 1.82) is 0 Å². The fourth-order valence-electron chi connectivity index (χ4n) is 1.96. The van der Waals surface area contributed by atoms with Crippen LogP contribution in [-0.4, -0.2) is 18.5 Å². The highest BCUT2D eigenvalue weighted by atomic mass is 16.5. The van der Waals surface area contributed by atoms with Crippen molar-refractivity contribution < 1.29 is 23.8 Å². The van der Waals surface area contributed by atoms with Crippen LogP contribution >= 0.6 is 0 Å². The number of carbonyl (C=O) groups excluding carboxylic acids is 2. The molecule has 19 heavy (non-hydrogen) atoms. The van der Waals surface area contributed by atoms with Gasteiger partial charge in [-0.2, -0.15) is 0 Å². The summed E-state index contributed by atoms with van der Waals surface area (Å²) >= 11 is 0. The van der Waals surface area contributed by atoms with Crippen LogP contribution in [0.5, 0.6) is 11.5 Å². The fraction of sp³-hybridized carbons (Fsp3) is 0.429. The Hall–Kier alpha value is -2.04. The largest absolute Gasteiger partial charge is 0.493 e. The van der Waals surface area contributed by atoms with Crippen molar-refractivity contribution in [2.45, 2.75) is 33.3 Å². The Kier molecular flexibility index (Phi) is 4.04. The van der Waals surface area contributed by atoms with E-state index in [1.165, 1.54) is 13.8 Å². The van der Waals surface area contributed by atoms with Gasteiger partial charge in [-0.3, -0.25) is 9.59 Å². The molecule has 0 fully saturated rings. The van der Waals surface area contributed by atoms with Crippen molar-refractivity contribution in [2.24, 2.45) is 0 Å². The Morgan fingerprint density at radius 1 is 1.26 bits per heavy atom. The second kappa shape index (κ2) is 5.73. The molecular weight excluding hydrogens is 248 g/mol. The molecule has 0 spiro atoms. The van der Waals surface area contributed by atoms with Gasteiger partial charge in [0.2, 0.25) is 0 Å². The summed E-state index contributed by atoms with van der Waals surface area (Å²) in [5.74, 6) is 0.412. The third kappa shape index (κ3) is 3.47. The van der Waals surface area contributed by atoms with Gasteiger partial charge in [0.05, 0.1) is 6.61 Å². The lowest BCUT2D eigenvalue weighted by molar-refractivity contribution is -0.142. The van der Waals surface area contributed by atoms with Crippen LogP contribution in [0.15, 0.2) is 12.1 Å². The zero-order chi connectivity index (χ0) is 13.8. The number of aryl methyl sites for hydroxylation is 1. The molecule has 1 heterocycles. The first kappa shape index (κ1) is 13.4. The summed E-state index contributed by atoms with van der Waals surface area (Å²) in [6.07, 6.45) is 1.83. The maximum absolute atomic E-state index is 11.1. The van der Waals surface area contributed by atoms with Crippen LogP contribution in [0.3, 0.4) is 0 Å². The SMILES string of the molecule is CC(=O)OCc1cc2c(cc1OC(C)=O)CCCO2. The molecule has 1 aliphatic rings. The second-order valence-electron chi connectivity index (χ2n) is 4.39.